The second-order valence-electron chi connectivity index (χ2n) is 9.24. The van der Waals surface area contributed by atoms with Crippen molar-refractivity contribution in [3.05, 3.63) is 63.1 Å². The van der Waals surface area contributed by atoms with Crippen molar-refractivity contribution in [2.75, 3.05) is 38.8 Å². The average molecular weight is 563 g/mol. The Balaban J connectivity index is 1.61. The highest BCUT2D eigenvalue weighted by molar-refractivity contribution is 8.26. The summed E-state index contributed by atoms with van der Waals surface area (Å²) in [6, 6.07) is 2.96. The molecule has 0 radical (unpaired) electrons. The first-order chi connectivity index (χ1) is 18.4. The smallest absolute Gasteiger partial charge is 0.409 e. The standard InChI is InChI=1S/C25H28F2N6O5S/c1-4-38-24(37)32-9-7-25(8-10-32)30(2)23(36)19-21(35)20(34)16(13-33(19)31(25)3)22(29)39-18(28)11-14-5-6-15(26)12-17(14)27/h5-6,12-13,28-29,35H,4,7-11H2,1-3H3. The molecule has 1 aromatic carbocycles. The van der Waals surface area contributed by atoms with E-state index in [0.29, 0.717) is 43.8 Å². The van der Waals surface area contributed by atoms with Crippen molar-refractivity contribution < 1.29 is 28.2 Å². The van der Waals surface area contributed by atoms with Crippen LogP contribution in [0.4, 0.5) is 13.6 Å². The number of halogens is 2. The van der Waals surface area contributed by atoms with Crippen molar-refractivity contribution in [1.82, 2.24) is 14.5 Å². The maximum Gasteiger partial charge on any atom is 0.409 e. The van der Waals surface area contributed by atoms with E-state index in [1.165, 1.54) is 21.8 Å². The highest BCUT2D eigenvalue weighted by Crippen LogP contribution is 2.37. The number of pyridine rings is 1. The number of amides is 2. The Hall–Kier alpha value is -3.94. The molecular weight excluding hydrogens is 534 g/mol. The van der Waals surface area contributed by atoms with Gasteiger partial charge < -0.3 is 19.6 Å². The largest absolute Gasteiger partial charge is 0.502 e. The number of hydrogen-bond acceptors (Lipinski definition) is 9. The summed E-state index contributed by atoms with van der Waals surface area (Å²) >= 11 is 0.582. The van der Waals surface area contributed by atoms with Gasteiger partial charge in [-0.15, -0.1) is 0 Å². The molecule has 2 amide bonds. The van der Waals surface area contributed by atoms with Gasteiger partial charge in [-0.25, -0.2) is 13.6 Å². The molecule has 39 heavy (non-hydrogen) atoms. The molecule has 4 rings (SSSR count). The van der Waals surface area contributed by atoms with Crippen LogP contribution in [0.5, 0.6) is 5.75 Å². The Bertz CT molecular complexity index is 1420. The summed E-state index contributed by atoms with van der Waals surface area (Å²) in [5.41, 5.74) is -2.32. The number of nitrogens with zero attached hydrogens (tertiary/aromatic N) is 4. The summed E-state index contributed by atoms with van der Waals surface area (Å²) in [6.07, 6.45) is 1.29. The fraction of sp³-hybridized carbons (Fsp3) is 0.400. The predicted molar refractivity (Wildman–Crippen MR) is 141 cm³/mol. The lowest BCUT2D eigenvalue weighted by molar-refractivity contribution is 0.00796. The monoisotopic (exact) mass is 562 g/mol. The van der Waals surface area contributed by atoms with E-state index < -0.39 is 40.5 Å². The molecule has 1 aromatic heterocycles. The lowest BCUT2D eigenvalue weighted by Gasteiger charge is -2.55. The molecule has 1 fully saturated rings. The van der Waals surface area contributed by atoms with Gasteiger partial charge in [0.05, 0.1) is 17.2 Å². The Morgan fingerprint density at radius 1 is 1.18 bits per heavy atom. The normalized spacial score (nSPS) is 16.3. The lowest BCUT2D eigenvalue weighted by Crippen LogP contribution is -2.71. The second-order valence-corrected chi connectivity index (χ2v) is 10.3. The van der Waals surface area contributed by atoms with Crippen molar-refractivity contribution in [3.8, 4) is 5.75 Å². The zero-order valence-electron chi connectivity index (χ0n) is 21.6. The van der Waals surface area contributed by atoms with Gasteiger partial charge in [-0.3, -0.25) is 30.1 Å². The van der Waals surface area contributed by atoms with Crippen molar-refractivity contribution in [2.24, 2.45) is 0 Å². The van der Waals surface area contributed by atoms with E-state index >= 15 is 0 Å². The van der Waals surface area contributed by atoms with Gasteiger partial charge in [-0.05, 0) is 18.6 Å². The van der Waals surface area contributed by atoms with Crippen molar-refractivity contribution in [1.29, 1.82) is 10.8 Å². The van der Waals surface area contributed by atoms with E-state index in [1.807, 2.05) is 0 Å². The molecule has 1 saturated heterocycles. The van der Waals surface area contributed by atoms with Crippen LogP contribution in [0.1, 0.15) is 41.4 Å². The minimum atomic E-state index is -0.956. The first kappa shape index (κ1) is 28.1. The number of piperidine rings is 1. The highest BCUT2D eigenvalue weighted by Gasteiger charge is 2.50. The maximum absolute atomic E-state index is 14.0. The van der Waals surface area contributed by atoms with E-state index in [2.05, 4.69) is 0 Å². The number of ether oxygens (including phenoxy) is 1. The highest BCUT2D eigenvalue weighted by atomic mass is 32.2. The van der Waals surface area contributed by atoms with E-state index in [0.717, 1.165) is 6.07 Å². The molecule has 11 nitrogen and oxygen atoms in total. The third-order valence-electron chi connectivity index (χ3n) is 7.15. The van der Waals surface area contributed by atoms with Crippen LogP contribution in [-0.2, 0) is 11.2 Å². The molecule has 3 N–H and O–H groups in total. The number of aromatic hydroxyl groups is 1. The molecule has 0 unspecified atom stereocenters. The van der Waals surface area contributed by atoms with Crippen LogP contribution in [0.3, 0.4) is 0 Å². The Labute approximate surface area is 226 Å². The van der Waals surface area contributed by atoms with Gasteiger partial charge in [0.15, 0.2) is 11.4 Å². The van der Waals surface area contributed by atoms with Gasteiger partial charge in [0, 0.05) is 58.7 Å². The fourth-order valence-electron chi connectivity index (χ4n) is 4.93. The molecule has 208 valence electrons. The first-order valence-corrected chi connectivity index (χ1v) is 12.9. The van der Waals surface area contributed by atoms with Gasteiger partial charge in [0.1, 0.15) is 22.3 Å². The molecule has 0 atom stereocenters. The van der Waals surface area contributed by atoms with E-state index in [-0.39, 0.29) is 39.9 Å². The van der Waals surface area contributed by atoms with Crippen LogP contribution < -0.4 is 10.4 Å². The quantitative estimate of drug-likeness (QED) is 0.384. The topological polar surface area (TPSA) is 143 Å². The van der Waals surface area contributed by atoms with Gasteiger partial charge in [-0.2, -0.15) is 0 Å². The van der Waals surface area contributed by atoms with Gasteiger partial charge in [-0.1, -0.05) is 17.8 Å². The number of likely N-dealkylation sites (tertiary alicyclic amines) is 1. The Morgan fingerprint density at radius 2 is 1.85 bits per heavy atom. The molecule has 0 bridgehead atoms. The Morgan fingerprint density at radius 3 is 2.46 bits per heavy atom. The SMILES string of the molecule is CCOC(=O)N1CCC2(CC1)N(C)C(=O)c1c(O)c(=O)c(C(=N)SC(=N)Cc3ccc(F)cc3F)cn1N2C. The zero-order valence-corrected chi connectivity index (χ0v) is 22.4. The summed E-state index contributed by atoms with van der Waals surface area (Å²) in [7, 11) is 3.24. The average Bonchev–Trinajstić information content (AvgIpc) is 2.89. The minimum Gasteiger partial charge on any atom is -0.502 e. The van der Waals surface area contributed by atoms with Crippen molar-refractivity contribution >= 4 is 33.8 Å². The molecule has 2 aromatic rings. The molecule has 2 aliphatic heterocycles. The third-order valence-corrected chi connectivity index (χ3v) is 7.96. The number of carbonyl (C=O) groups is 2. The molecule has 3 heterocycles. The van der Waals surface area contributed by atoms with Crippen molar-refractivity contribution in [3.63, 3.8) is 0 Å². The number of fused-ring (bicyclic) bond motifs is 1. The van der Waals surface area contributed by atoms with Crippen LogP contribution in [-0.4, -0.2) is 81.1 Å². The fourth-order valence-corrected chi connectivity index (χ4v) is 5.66. The van der Waals surface area contributed by atoms with Crippen LogP contribution in [0, 0.1) is 22.5 Å². The summed E-state index contributed by atoms with van der Waals surface area (Å²) in [5, 5.41) is 28.5. The summed E-state index contributed by atoms with van der Waals surface area (Å²) in [4.78, 5) is 41.5. The third kappa shape index (κ3) is 4.95. The van der Waals surface area contributed by atoms with Crippen molar-refractivity contribution in [2.45, 2.75) is 31.8 Å². The molecule has 0 aliphatic carbocycles. The number of aromatic nitrogens is 1. The number of carbonyl (C=O) groups excluding carboxylic acids is 2. The zero-order chi connectivity index (χ0) is 28.6. The summed E-state index contributed by atoms with van der Waals surface area (Å²) < 4.78 is 33.6. The van der Waals surface area contributed by atoms with Gasteiger partial charge in [0.2, 0.25) is 5.43 Å². The number of nitrogens with one attached hydrogen (secondary N) is 2. The Kier molecular flexibility index (Phi) is 7.68. The molecule has 14 heteroatoms. The summed E-state index contributed by atoms with van der Waals surface area (Å²) in [5.74, 6) is -3.02. The molecule has 0 saturated carbocycles. The minimum absolute atomic E-state index is 0.0520. The number of hydrogen-bond donors (Lipinski definition) is 3. The van der Waals surface area contributed by atoms with E-state index in [4.69, 9.17) is 15.6 Å². The van der Waals surface area contributed by atoms with Crippen LogP contribution in [0.15, 0.2) is 29.2 Å². The van der Waals surface area contributed by atoms with Crippen LogP contribution >= 0.6 is 11.8 Å². The van der Waals surface area contributed by atoms with Crippen LogP contribution in [0.2, 0.25) is 0 Å². The first-order valence-electron chi connectivity index (χ1n) is 12.1. The molecule has 2 aliphatic rings. The maximum atomic E-state index is 14.0. The predicted octanol–water partition coefficient (Wildman–Crippen LogP) is 2.71. The molecular formula is C25H28F2N6O5S. The number of benzene rings is 1. The lowest BCUT2D eigenvalue weighted by atomic mass is 9.93. The van der Waals surface area contributed by atoms with Crippen LogP contribution in [0.25, 0.3) is 0 Å². The van der Waals surface area contributed by atoms with Gasteiger partial charge >= 0.3 is 6.09 Å². The molecule has 1 spiro atoms. The van der Waals surface area contributed by atoms with E-state index in [9.17, 15) is 28.3 Å². The summed E-state index contributed by atoms with van der Waals surface area (Å²) in [6.45, 7) is 2.56. The van der Waals surface area contributed by atoms with E-state index in [1.54, 1.807) is 30.9 Å². The van der Waals surface area contributed by atoms with Gasteiger partial charge in [0.25, 0.3) is 5.91 Å². The second kappa shape index (κ2) is 10.7. The number of rotatable bonds is 4. The number of thioether (sulfide) groups is 1.